The Bertz CT molecular complexity index is 950. The Balaban J connectivity index is 1.87. The number of likely N-dealkylation sites (N-methyl/N-ethyl adjacent to an activating group) is 1. The lowest BCUT2D eigenvalue weighted by Gasteiger charge is -2.23. The number of rotatable bonds is 8. The topological polar surface area (TPSA) is 75.8 Å². The molecule has 0 unspecified atom stereocenters. The molecule has 0 spiro atoms. The predicted octanol–water partition coefficient (Wildman–Crippen LogP) is 3.29. The maximum Gasteiger partial charge on any atom is 0.267 e. The van der Waals surface area contributed by atoms with Gasteiger partial charge in [0.15, 0.2) is 11.5 Å². The molecule has 0 fully saturated rings. The van der Waals surface area contributed by atoms with Gasteiger partial charge in [-0.05, 0) is 42.6 Å². The molecule has 0 aliphatic carbocycles. The summed E-state index contributed by atoms with van der Waals surface area (Å²) in [6, 6.07) is 5.69. The second kappa shape index (κ2) is 8.53. The number of aromatic amines is 1. The lowest BCUT2D eigenvalue weighted by Crippen LogP contribution is -2.34. The molecular weight excluding hydrogens is 378 g/mol. The van der Waals surface area contributed by atoms with Crippen LogP contribution >= 0.6 is 11.3 Å². The van der Waals surface area contributed by atoms with E-state index in [-0.39, 0.29) is 11.9 Å². The Morgan fingerprint density at radius 1 is 1.18 bits per heavy atom. The van der Waals surface area contributed by atoms with E-state index in [0.29, 0.717) is 35.0 Å². The van der Waals surface area contributed by atoms with E-state index in [2.05, 4.69) is 26.6 Å². The van der Waals surface area contributed by atoms with Crippen molar-refractivity contribution in [1.82, 2.24) is 15.2 Å². The van der Waals surface area contributed by atoms with Crippen molar-refractivity contribution in [3.8, 4) is 17.2 Å². The summed E-state index contributed by atoms with van der Waals surface area (Å²) in [5.41, 5.74) is 2.27. The van der Waals surface area contributed by atoms with Crippen LogP contribution in [0, 0.1) is 0 Å². The summed E-state index contributed by atoms with van der Waals surface area (Å²) in [4.78, 5) is 18.0. The van der Waals surface area contributed by atoms with E-state index in [9.17, 15) is 4.79 Å². The van der Waals surface area contributed by atoms with Crippen LogP contribution in [0.25, 0.3) is 10.9 Å². The molecule has 1 aromatic carbocycles. The first-order valence-corrected chi connectivity index (χ1v) is 9.72. The van der Waals surface area contributed by atoms with Crippen molar-refractivity contribution < 1.29 is 19.0 Å². The third-order valence-electron chi connectivity index (χ3n) is 4.69. The Labute approximate surface area is 168 Å². The second-order valence-corrected chi connectivity index (χ2v) is 7.31. The predicted molar refractivity (Wildman–Crippen MR) is 111 cm³/mol. The number of aromatic nitrogens is 1. The zero-order valence-corrected chi connectivity index (χ0v) is 17.5. The highest BCUT2D eigenvalue weighted by atomic mass is 32.1. The highest BCUT2D eigenvalue weighted by Crippen LogP contribution is 2.41. The quantitative estimate of drug-likeness (QED) is 0.604. The number of amides is 1. The largest absolute Gasteiger partial charge is 0.496 e. The molecule has 1 amide bonds. The van der Waals surface area contributed by atoms with Crippen LogP contribution in [0.3, 0.4) is 0 Å². The van der Waals surface area contributed by atoms with Crippen LogP contribution in [0.4, 0.5) is 0 Å². The summed E-state index contributed by atoms with van der Waals surface area (Å²) in [5, 5.41) is 7.91. The molecule has 0 aliphatic rings. The number of thiophene rings is 1. The van der Waals surface area contributed by atoms with E-state index < -0.39 is 0 Å². The SMILES string of the molecule is COc1cc(OC)c2cc(C(=O)NC[C@H](c3ccsc3)N(C)C)[nH]c2c1OC. The van der Waals surface area contributed by atoms with Crippen molar-refractivity contribution in [2.45, 2.75) is 6.04 Å². The average Bonchev–Trinajstić information content (AvgIpc) is 3.36. The van der Waals surface area contributed by atoms with Gasteiger partial charge in [-0.15, -0.1) is 0 Å². The lowest BCUT2D eigenvalue weighted by molar-refractivity contribution is 0.0938. The number of hydrogen-bond donors (Lipinski definition) is 2. The minimum atomic E-state index is -0.193. The molecule has 0 aliphatic heterocycles. The van der Waals surface area contributed by atoms with Gasteiger partial charge in [-0.3, -0.25) is 4.79 Å². The first-order chi connectivity index (χ1) is 13.5. The molecule has 2 heterocycles. The molecule has 7 nitrogen and oxygen atoms in total. The Hall–Kier alpha value is -2.71. The fourth-order valence-corrected chi connectivity index (χ4v) is 3.91. The van der Waals surface area contributed by atoms with E-state index in [1.54, 1.807) is 44.8 Å². The summed E-state index contributed by atoms with van der Waals surface area (Å²) < 4.78 is 16.3. The van der Waals surface area contributed by atoms with Crippen LogP contribution in [0.15, 0.2) is 29.0 Å². The van der Waals surface area contributed by atoms with Crippen LogP contribution in [-0.2, 0) is 0 Å². The molecule has 150 valence electrons. The molecule has 8 heteroatoms. The van der Waals surface area contributed by atoms with Gasteiger partial charge >= 0.3 is 0 Å². The van der Waals surface area contributed by atoms with Gasteiger partial charge in [0.25, 0.3) is 5.91 Å². The van der Waals surface area contributed by atoms with Crippen LogP contribution in [-0.4, -0.2) is 57.8 Å². The van der Waals surface area contributed by atoms with Gasteiger partial charge in [0.05, 0.1) is 32.9 Å². The molecule has 2 N–H and O–H groups in total. The first kappa shape index (κ1) is 20.0. The third-order valence-corrected chi connectivity index (χ3v) is 5.39. The average molecular weight is 404 g/mol. The maximum atomic E-state index is 12.8. The first-order valence-electron chi connectivity index (χ1n) is 8.78. The highest BCUT2D eigenvalue weighted by molar-refractivity contribution is 7.07. The summed E-state index contributed by atoms with van der Waals surface area (Å²) in [5.74, 6) is 1.47. The maximum absolute atomic E-state index is 12.8. The van der Waals surface area contributed by atoms with E-state index in [1.165, 1.54) is 5.56 Å². The number of hydrogen-bond acceptors (Lipinski definition) is 6. The van der Waals surface area contributed by atoms with Crippen molar-refractivity contribution in [2.75, 3.05) is 42.0 Å². The van der Waals surface area contributed by atoms with Crippen LogP contribution in [0.2, 0.25) is 0 Å². The molecular formula is C20H25N3O4S. The molecule has 0 saturated carbocycles. The summed E-state index contributed by atoms with van der Waals surface area (Å²) in [7, 11) is 8.70. The number of nitrogens with zero attached hydrogens (tertiary/aromatic N) is 1. The smallest absolute Gasteiger partial charge is 0.267 e. The fourth-order valence-electron chi connectivity index (χ4n) is 3.21. The Kier molecular flexibility index (Phi) is 6.11. The number of fused-ring (bicyclic) bond motifs is 1. The van der Waals surface area contributed by atoms with Crippen molar-refractivity contribution in [1.29, 1.82) is 0 Å². The number of nitrogens with one attached hydrogen (secondary N) is 2. The minimum absolute atomic E-state index is 0.101. The number of methoxy groups -OCH3 is 3. The van der Waals surface area contributed by atoms with Gasteiger partial charge in [0.1, 0.15) is 11.4 Å². The van der Waals surface area contributed by atoms with Crippen LogP contribution in [0.1, 0.15) is 22.1 Å². The molecule has 1 atom stereocenters. The van der Waals surface area contributed by atoms with Crippen LogP contribution < -0.4 is 19.5 Å². The molecule has 0 radical (unpaired) electrons. The normalized spacial score (nSPS) is 12.2. The van der Waals surface area contributed by atoms with Crippen molar-refractivity contribution in [2.24, 2.45) is 0 Å². The van der Waals surface area contributed by atoms with E-state index in [0.717, 1.165) is 5.39 Å². The molecule has 0 bridgehead atoms. The number of carbonyl (C=O) groups excluding carboxylic acids is 1. The molecule has 0 saturated heterocycles. The monoisotopic (exact) mass is 403 g/mol. The van der Waals surface area contributed by atoms with E-state index in [1.807, 2.05) is 19.5 Å². The van der Waals surface area contributed by atoms with Gasteiger partial charge in [0.2, 0.25) is 0 Å². The highest BCUT2D eigenvalue weighted by Gasteiger charge is 2.21. The molecule has 28 heavy (non-hydrogen) atoms. The zero-order chi connectivity index (χ0) is 20.3. The molecule has 3 aromatic rings. The molecule has 2 aromatic heterocycles. The standard InChI is InChI=1S/C20H25N3O4S/c1-23(2)15(12-6-7-28-11-12)10-21-20(24)14-8-13-16(25-3)9-17(26-4)19(27-5)18(13)22-14/h6-9,11,15,22H,10H2,1-5H3,(H,21,24)/t15-/m1/s1. The van der Waals surface area contributed by atoms with Crippen LogP contribution in [0.5, 0.6) is 17.2 Å². The summed E-state index contributed by atoms with van der Waals surface area (Å²) in [6.07, 6.45) is 0. The number of carbonyl (C=O) groups is 1. The van der Waals surface area contributed by atoms with Gasteiger partial charge in [-0.2, -0.15) is 11.3 Å². The van der Waals surface area contributed by atoms with E-state index >= 15 is 0 Å². The number of H-pyrrole nitrogens is 1. The fraction of sp³-hybridized carbons (Fsp3) is 0.350. The van der Waals surface area contributed by atoms with Gasteiger partial charge in [0, 0.05) is 18.0 Å². The minimum Gasteiger partial charge on any atom is -0.496 e. The second-order valence-electron chi connectivity index (χ2n) is 6.53. The molecule has 3 rings (SSSR count). The van der Waals surface area contributed by atoms with Gasteiger partial charge in [-0.1, -0.05) is 0 Å². The van der Waals surface area contributed by atoms with Gasteiger partial charge < -0.3 is 29.4 Å². The summed E-state index contributed by atoms with van der Waals surface area (Å²) in [6.45, 7) is 0.496. The van der Waals surface area contributed by atoms with Crippen molar-refractivity contribution >= 4 is 28.1 Å². The third kappa shape index (κ3) is 3.79. The Morgan fingerprint density at radius 2 is 1.93 bits per heavy atom. The van der Waals surface area contributed by atoms with Gasteiger partial charge in [-0.25, -0.2) is 0 Å². The Morgan fingerprint density at radius 3 is 2.50 bits per heavy atom. The van der Waals surface area contributed by atoms with Crippen molar-refractivity contribution in [3.05, 3.63) is 40.2 Å². The van der Waals surface area contributed by atoms with Crippen molar-refractivity contribution in [3.63, 3.8) is 0 Å². The number of ether oxygens (including phenoxy) is 3. The lowest BCUT2D eigenvalue weighted by atomic mass is 10.1. The number of benzene rings is 1. The zero-order valence-electron chi connectivity index (χ0n) is 16.7. The van der Waals surface area contributed by atoms with E-state index in [4.69, 9.17) is 14.2 Å². The summed E-state index contributed by atoms with van der Waals surface area (Å²) >= 11 is 1.65.